The van der Waals surface area contributed by atoms with Crippen LogP contribution < -0.4 is 5.73 Å². The minimum atomic E-state index is -0.844. The first-order chi connectivity index (χ1) is 20.5. The Hall–Kier alpha value is -2.50. The fourth-order valence-corrected chi connectivity index (χ4v) is 7.17. The molecule has 242 valence electrons. The van der Waals surface area contributed by atoms with Crippen LogP contribution in [0, 0.1) is 46.8 Å². The first-order valence-electron chi connectivity index (χ1n) is 16.7. The second-order valence-electron chi connectivity index (χ2n) is 13.2. The normalized spacial score (nSPS) is 34.9. The molecular formula is C35H58N4O4. The van der Waals surface area contributed by atoms with Crippen LogP contribution in [0.1, 0.15) is 99.3 Å². The highest BCUT2D eigenvalue weighted by Crippen LogP contribution is 2.37. The number of carbonyl (C=O) groups excluding carboxylic acids is 2. The molecule has 2 aliphatic rings. The lowest BCUT2D eigenvalue weighted by atomic mass is 9.82. The number of esters is 1. The van der Waals surface area contributed by atoms with Crippen LogP contribution in [-0.4, -0.2) is 66.0 Å². The number of carbonyl (C=O) groups is 2. The molecule has 8 nitrogen and oxygen atoms in total. The van der Waals surface area contributed by atoms with Crippen molar-refractivity contribution in [1.82, 2.24) is 4.90 Å². The van der Waals surface area contributed by atoms with Gasteiger partial charge in [-0.2, -0.15) is 5.26 Å². The van der Waals surface area contributed by atoms with Gasteiger partial charge in [0.05, 0.1) is 24.2 Å². The molecule has 0 saturated heterocycles. The first-order valence-corrected chi connectivity index (χ1v) is 16.7. The summed E-state index contributed by atoms with van der Waals surface area (Å²) in [5.74, 6) is -0.277. The summed E-state index contributed by atoms with van der Waals surface area (Å²) < 4.78 is 6.13. The molecule has 0 spiro atoms. The fraction of sp³-hybridized carbons (Fsp3) is 0.771. The summed E-state index contributed by atoms with van der Waals surface area (Å²) in [5.41, 5.74) is 6.96. The number of nitriles is 1. The highest BCUT2D eigenvalue weighted by atomic mass is 16.5. The fourth-order valence-electron chi connectivity index (χ4n) is 7.17. The number of aliphatic hydroxyl groups excluding tert-OH is 1. The van der Waals surface area contributed by atoms with Crippen LogP contribution in [0.3, 0.4) is 0 Å². The molecule has 3 N–H and O–H groups in total. The van der Waals surface area contributed by atoms with Gasteiger partial charge in [0.2, 0.25) is 5.91 Å². The number of cyclic esters (lactones) is 1. The molecule has 2 rings (SSSR count). The van der Waals surface area contributed by atoms with Crippen molar-refractivity contribution in [2.75, 3.05) is 26.2 Å². The van der Waals surface area contributed by atoms with Crippen molar-refractivity contribution in [3.05, 3.63) is 23.8 Å². The van der Waals surface area contributed by atoms with Gasteiger partial charge in [0, 0.05) is 30.5 Å². The number of hydrogen-bond acceptors (Lipinski definition) is 7. The molecule has 8 unspecified atom stereocenters. The average Bonchev–Trinajstić information content (AvgIpc) is 3.45. The standard InChI is InChI=1S/C35H58N4O4/c1-7-39(8-2)18-12-17-38-31-22-33(40)43-32(29-14-11-15-30(29)35(37)42)16-10-9-13-28(23-36)34(41)27(6)21-25(4)19-24(3)20-26(31)5/h9-10,13,24-27,29-30,32,34,41H,7-8,11-12,14-22H2,1-6H3,(H2,37,42)/b10-9+,28-13+,38-31?. The number of aliphatic hydroxyl groups is 1. The van der Waals surface area contributed by atoms with Gasteiger partial charge in [0.15, 0.2) is 0 Å². The quantitative estimate of drug-likeness (QED) is 0.266. The van der Waals surface area contributed by atoms with Gasteiger partial charge in [-0.15, -0.1) is 0 Å². The highest BCUT2D eigenvalue weighted by Gasteiger charge is 2.38. The lowest BCUT2D eigenvalue weighted by Crippen LogP contribution is -2.36. The molecule has 0 aromatic heterocycles. The van der Waals surface area contributed by atoms with Crippen LogP contribution in [0.25, 0.3) is 0 Å². The van der Waals surface area contributed by atoms with Gasteiger partial charge >= 0.3 is 5.97 Å². The molecule has 0 radical (unpaired) electrons. The Morgan fingerprint density at radius 3 is 2.49 bits per heavy atom. The second-order valence-corrected chi connectivity index (χ2v) is 13.2. The van der Waals surface area contributed by atoms with Crippen LogP contribution in [-0.2, 0) is 14.3 Å². The van der Waals surface area contributed by atoms with Gasteiger partial charge in [-0.25, -0.2) is 0 Å². The topological polar surface area (TPSA) is 129 Å². The van der Waals surface area contributed by atoms with E-state index < -0.39 is 12.2 Å². The third-order valence-corrected chi connectivity index (χ3v) is 9.53. The molecule has 0 aromatic rings. The SMILES string of the molecule is CCN(CC)CCCN=C1CC(=O)OC(C2CCCC2C(N)=O)C/C=C/C=C(\C#N)C(O)C(C)CC(C)CC(C)CC1C. The molecule has 1 heterocycles. The predicted molar refractivity (Wildman–Crippen MR) is 173 cm³/mol. The minimum absolute atomic E-state index is 0.0516. The largest absolute Gasteiger partial charge is 0.461 e. The maximum Gasteiger partial charge on any atom is 0.311 e. The van der Waals surface area contributed by atoms with E-state index in [-0.39, 0.29) is 42.0 Å². The van der Waals surface area contributed by atoms with Crippen molar-refractivity contribution in [2.45, 2.75) is 112 Å². The van der Waals surface area contributed by atoms with Gasteiger partial charge in [-0.05, 0) is 87.9 Å². The zero-order chi connectivity index (χ0) is 31.9. The number of ether oxygens (including phenoxy) is 1. The van der Waals surface area contributed by atoms with E-state index in [4.69, 9.17) is 15.5 Å². The molecule has 8 atom stereocenters. The van der Waals surface area contributed by atoms with E-state index in [9.17, 15) is 20.0 Å². The molecule has 1 amide bonds. The Bertz CT molecular complexity index is 1010. The number of hydrogen-bond donors (Lipinski definition) is 2. The maximum absolute atomic E-state index is 13.5. The lowest BCUT2D eigenvalue weighted by Gasteiger charge is -2.28. The van der Waals surface area contributed by atoms with E-state index >= 15 is 0 Å². The van der Waals surface area contributed by atoms with Gasteiger partial charge < -0.3 is 20.5 Å². The molecule has 1 saturated carbocycles. The zero-order valence-corrected chi connectivity index (χ0v) is 27.6. The van der Waals surface area contributed by atoms with Crippen molar-refractivity contribution in [3.8, 4) is 6.07 Å². The van der Waals surface area contributed by atoms with E-state index in [1.807, 2.05) is 13.0 Å². The highest BCUT2D eigenvalue weighted by molar-refractivity contribution is 6.00. The summed E-state index contributed by atoms with van der Waals surface area (Å²) >= 11 is 0. The molecule has 1 aliphatic carbocycles. The Morgan fingerprint density at radius 1 is 1.14 bits per heavy atom. The number of rotatable bonds is 8. The molecule has 8 heteroatoms. The third-order valence-electron chi connectivity index (χ3n) is 9.53. The molecular weight excluding hydrogens is 540 g/mol. The Balaban J connectivity index is 2.37. The van der Waals surface area contributed by atoms with Crippen molar-refractivity contribution >= 4 is 17.6 Å². The lowest BCUT2D eigenvalue weighted by molar-refractivity contribution is -0.152. The van der Waals surface area contributed by atoms with Crippen LogP contribution >= 0.6 is 0 Å². The molecule has 1 fully saturated rings. The summed E-state index contributed by atoms with van der Waals surface area (Å²) in [6.45, 7) is 16.6. The van der Waals surface area contributed by atoms with Crippen molar-refractivity contribution in [1.29, 1.82) is 5.26 Å². The Labute approximate surface area is 260 Å². The maximum atomic E-state index is 13.5. The minimum Gasteiger partial charge on any atom is -0.461 e. The van der Waals surface area contributed by atoms with Crippen LogP contribution in [0.5, 0.6) is 0 Å². The van der Waals surface area contributed by atoms with Crippen LogP contribution in [0.2, 0.25) is 0 Å². The van der Waals surface area contributed by atoms with E-state index in [1.54, 1.807) is 12.2 Å². The van der Waals surface area contributed by atoms with Gasteiger partial charge in [0.25, 0.3) is 0 Å². The van der Waals surface area contributed by atoms with Gasteiger partial charge in [-0.3, -0.25) is 14.6 Å². The monoisotopic (exact) mass is 598 g/mol. The second kappa shape index (κ2) is 19.0. The number of nitrogens with two attached hydrogens (primary N) is 1. The summed E-state index contributed by atoms with van der Waals surface area (Å²) in [5, 5.41) is 20.7. The summed E-state index contributed by atoms with van der Waals surface area (Å²) in [6.07, 6.45) is 10.5. The summed E-state index contributed by atoms with van der Waals surface area (Å²) in [4.78, 5) is 33.1. The molecule has 0 bridgehead atoms. The van der Waals surface area contributed by atoms with Gasteiger partial charge in [0.1, 0.15) is 6.10 Å². The number of nitrogens with zero attached hydrogens (tertiary/aromatic N) is 3. The molecule has 43 heavy (non-hydrogen) atoms. The van der Waals surface area contributed by atoms with Crippen molar-refractivity contribution in [3.63, 3.8) is 0 Å². The van der Waals surface area contributed by atoms with E-state index in [2.05, 4.69) is 45.6 Å². The van der Waals surface area contributed by atoms with Crippen molar-refractivity contribution < 1.29 is 19.4 Å². The number of allylic oxidation sites excluding steroid dienone is 2. The van der Waals surface area contributed by atoms with E-state index in [0.717, 1.165) is 63.9 Å². The summed E-state index contributed by atoms with van der Waals surface area (Å²) in [6, 6.07) is 2.17. The molecule has 1 aliphatic heterocycles. The number of primary amides is 1. The zero-order valence-electron chi connectivity index (χ0n) is 27.6. The predicted octanol–water partition coefficient (Wildman–Crippen LogP) is 5.85. The van der Waals surface area contributed by atoms with Crippen LogP contribution in [0.4, 0.5) is 0 Å². The Morgan fingerprint density at radius 2 is 1.84 bits per heavy atom. The summed E-state index contributed by atoms with van der Waals surface area (Å²) in [7, 11) is 0. The van der Waals surface area contributed by atoms with E-state index in [0.29, 0.717) is 36.8 Å². The smallest absolute Gasteiger partial charge is 0.311 e. The number of aliphatic imine (C=N–C) groups is 1. The van der Waals surface area contributed by atoms with Gasteiger partial charge in [-0.1, -0.05) is 60.1 Å². The molecule has 0 aromatic carbocycles. The first kappa shape index (κ1) is 36.7. The van der Waals surface area contributed by atoms with Crippen molar-refractivity contribution in [2.24, 2.45) is 46.2 Å². The average molecular weight is 599 g/mol. The van der Waals surface area contributed by atoms with Crippen LogP contribution in [0.15, 0.2) is 28.8 Å². The Kier molecular flexibility index (Phi) is 16.2. The van der Waals surface area contributed by atoms with E-state index in [1.165, 1.54) is 0 Å². The number of amides is 1. The third kappa shape index (κ3) is 12.2.